The Labute approximate surface area is 102 Å². The Kier molecular flexibility index (Phi) is 3.05. The van der Waals surface area contributed by atoms with Crippen molar-refractivity contribution in [2.75, 3.05) is 0 Å². The first kappa shape index (κ1) is 9.67. The van der Waals surface area contributed by atoms with Gasteiger partial charge in [0, 0.05) is 15.5 Å². The fourth-order valence-corrected chi connectivity index (χ4v) is 2.92. The molecule has 2 aromatic heterocycles. The van der Waals surface area contributed by atoms with Crippen molar-refractivity contribution in [3.8, 4) is 0 Å². The van der Waals surface area contributed by atoms with Gasteiger partial charge in [-0.1, -0.05) is 0 Å². The number of nitrogens with zero attached hydrogens (tertiary/aromatic N) is 2. The van der Waals surface area contributed by atoms with E-state index in [0.29, 0.717) is 0 Å². The molecule has 0 spiro atoms. The summed E-state index contributed by atoms with van der Waals surface area (Å²) in [6.07, 6.45) is 3.90. The highest BCUT2D eigenvalue weighted by atomic mass is 127. The van der Waals surface area contributed by atoms with E-state index >= 15 is 0 Å². The summed E-state index contributed by atoms with van der Waals surface area (Å²) >= 11 is 7.50. The third-order valence-corrected chi connectivity index (χ3v) is 4.07. The fourth-order valence-electron chi connectivity index (χ4n) is 1.01. The van der Waals surface area contributed by atoms with Crippen LogP contribution in [0.2, 0.25) is 0 Å². The van der Waals surface area contributed by atoms with Crippen LogP contribution in [0.5, 0.6) is 0 Å². The molecule has 0 saturated carbocycles. The second kappa shape index (κ2) is 4.10. The summed E-state index contributed by atoms with van der Waals surface area (Å²) in [5.74, 6) is 0. The van der Waals surface area contributed by atoms with E-state index in [0.717, 1.165) is 6.54 Å². The van der Waals surface area contributed by atoms with Crippen molar-refractivity contribution < 1.29 is 0 Å². The van der Waals surface area contributed by atoms with Gasteiger partial charge in [-0.25, -0.2) is 0 Å². The van der Waals surface area contributed by atoms with Crippen molar-refractivity contribution in [3.63, 3.8) is 0 Å². The lowest BCUT2D eigenvalue weighted by Crippen LogP contribution is -1.97. The molecule has 5 heteroatoms. The molecule has 0 aliphatic carbocycles. The van der Waals surface area contributed by atoms with Crippen molar-refractivity contribution in [2.24, 2.45) is 0 Å². The Balaban J connectivity index is 2.19. The Bertz CT molecular complexity index is 410. The molecule has 0 atom stereocenters. The molecular weight excluding hydrogens is 363 g/mol. The molecule has 2 heterocycles. The fraction of sp³-hybridized carbons (Fsp3) is 0.125. The Morgan fingerprint density at radius 3 is 3.00 bits per heavy atom. The molecule has 2 nitrogen and oxygen atoms in total. The van der Waals surface area contributed by atoms with E-state index in [-0.39, 0.29) is 0 Å². The van der Waals surface area contributed by atoms with E-state index in [9.17, 15) is 0 Å². The van der Waals surface area contributed by atoms with Gasteiger partial charge in [0.2, 0.25) is 0 Å². The normalized spacial score (nSPS) is 10.6. The topological polar surface area (TPSA) is 17.8 Å². The molecule has 0 N–H and O–H groups in total. The van der Waals surface area contributed by atoms with Crippen LogP contribution in [-0.2, 0) is 6.54 Å². The minimum Gasteiger partial charge on any atom is -0.266 e. The maximum absolute atomic E-state index is 4.23. The average Bonchev–Trinajstić information content (AvgIpc) is 2.64. The zero-order valence-corrected chi connectivity index (χ0v) is 11.1. The van der Waals surface area contributed by atoms with Crippen LogP contribution >= 0.6 is 49.9 Å². The Morgan fingerprint density at radius 2 is 2.46 bits per heavy atom. The SMILES string of the molecule is Brc1ccsc1Cn1cc(I)cn1. The van der Waals surface area contributed by atoms with E-state index in [1.165, 1.54) is 12.9 Å². The molecule has 0 fully saturated rings. The molecule has 2 rings (SSSR count). The molecule has 0 unspecified atom stereocenters. The number of halogens is 2. The summed E-state index contributed by atoms with van der Waals surface area (Å²) < 4.78 is 4.28. The smallest absolute Gasteiger partial charge is 0.0764 e. The largest absolute Gasteiger partial charge is 0.266 e. The Morgan fingerprint density at radius 1 is 1.62 bits per heavy atom. The van der Waals surface area contributed by atoms with Gasteiger partial charge in [-0.15, -0.1) is 11.3 Å². The third-order valence-electron chi connectivity index (χ3n) is 1.60. The minimum absolute atomic E-state index is 0.848. The predicted octanol–water partition coefficient (Wildman–Crippen LogP) is 3.36. The molecule has 2 aromatic rings. The zero-order valence-electron chi connectivity index (χ0n) is 6.58. The van der Waals surface area contributed by atoms with E-state index in [1.807, 2.05) is 17.1 Å². The average molecular weight is 369 g/mol. The highest BCUT2D eigenvalue weighted by Crippen LogP contribution is 2.23. The van der Waals surface area contributed by atoms with Gasteiger partial charge in [0.1, 0.15) is 0 Å². The molecule has 13 heavy (non-hydrogen) atoms. The van der Waals surface area contributed by atoms with Gasteiger partial charge in [0.05, 0.1) is 16.3 Å². The summed E-state index contributed by atoms with van der Waals surface area (Å²) in [7, 11) is 0. The molecule has 0 amide bonds. The van der Waals surface area contributed by atoms with Gasteiger partial charge in [-0.2, -0.15) is 5.10 Å². The van der Waals surface area contributed by atoms with E-state index < -0.39 is 0 Å². The molecular formula is C8H6BrIN2S. The van der Waals surface area contributed by atoms with E-state index in [1.54, 1.807) is 11.3 Å². The monoisotopic (exact) mass is 368 g/mol. The highest BCUT2D eigenvalue weighted by Gasteiger charge is 2.02. The first-order valence-electron chi connectivity index (χ1n) is 3.65. The maximum Gasteiger partial charge on any atom is 0.0764 e. The molecule has 0 saturated heterocycles. The number of hydrogen-bond donors (Lipinski definition) is 0. The lowest BCUT2D eigenvalue weighted by atomic mass is 10.5. The maximum atomic E-state index is 4.23. The molecule has 0 bridgehead atoms. The lowest BCUT2D eigenvalue weighted by molar-refractivity contribution is 0.693. The van der Waals surface area contributed by atoms with Crippen molar-refractivity contribution in [2.45, 2.75) is 6.54 Å². The lowest BCUT2D eigenvalue weighted by Gasteiger charge is -1.98. The number of thiophene rings is 1. The Hall–Kier alpha value is 0.120. The van der Waals surface area contributed by atoms with Crippen molar-refractivity contribution in [3.05, 3.63) is 36.8 Å². The van der Waals surface area contributed by atoms with E-state index in [2.05, 4.69) is 55.1 Å². The van der Waals surface area contributed by atoms with Crippen molar-refractivity contribution >= 4 is 49.9 Å². The highest BCUT2D eigenvalue weighted by molar-refractivity contribution is 14.1. The standard InChI is InChI=1S/C8H6BrIN2S/c9-7-1-2-13-8(7)5-12-4-6(10)3-11-12/h1-4H,5H2. The minimum atomic E-state index is 0.848. The molecule has 0 aliphatic rings. The first-order valence-corrected chi connectivity index (χ1v) is 6.40. The molecule has 0 aromatic carbocycles. The first-order chi connectivity index (χ1) is 6.25. The van der Waals surface area contributed by atoms with Gasteiger partial charge in [0.25, 0.3) is 0 Å². The number of hydrogen-bond acceptors (Lipinski definition) is 2. The second-order valence-electron chi connectivity index (χ2n) is 2.55. The summed E-state index contributed by atoms with van der Waals surface area (Å²) in [5.41, 5.74) is 0. The summed E-state index contributed by atoms with van der Waals surface area (Å²) in [6.45, 7) is 0.848. The number of aromatic nitrogens is 2. The van der Waals surface area contributed by atoms with Gasteiger partial charge >= 0.3 is 0 Å². The molecule has 0 radical (unpaired) electrons. The van der Waals surface area contributed by atoms with Crippen LogP contribution in [-0.4, -0.2) is 9.78 Å². The predicted molar refractivity (Wildman–Crippen MR) is 66.1 cm³/mol. The van der Waals surface area contributed by atoms with Crippen LogP contribution in [0.1, 0.15) is 4.88 Å². The molecule has 0 aliphatic heterocycles. The molecule has 68 valence electrons. The summed E-state index contributed by atoms with van der Waals surface area (Å²) in [4.78, 5) is 1.31. The quantitative estimate of drug-likeness (QED) is 0.743. The van der Waals surface area contributed by atoms with Gasteiger partial charge in [-0.05, 0) is 50.0 Å². The van der Waals surface area contributed by atoms with Crippen molar-refractivity contribution in [1.29, 1.82) is 0 Å². The summed E-state index contributed by atoms with van der Waals surface area (Å²) in [6, 6.07) is 2.06. The van der Waals surface area contributed by atoms with Crippen LogP contribution in [0.3, 0.4) is 0 Å². The number of rotatable bonds is 2. The van der Waals surface area contributed by atoms with Crippen LogP contribution in [0.4, 0.5) is 0 Å². The van der Waals surface area contributed by atoms with Crippen molar-refractivity contribution in [1.82, 2.24) is 9.78 Å². The second-order valence-corrected chi connectivity index (χ2v) is 5.65. The van der Waals surface area contributed by atoms with Crippen LogP contribution in [0, 0.1) is 3.57 Å². The van der Waals surface area contributed by atoms with Crippen LogP contribution in [0.15, 0.2) is 28.3 Å². The van der Waals surface area contributed by atoms with E-state index in [4.69, 9.17) is 0 Å². The summed E-state index contributed by atoms with van der Waals surface area (Å²) in [5, 5.41) is 6.30. The van der Waals surface area contributed by atoms with Gasteiger partial charge in [0.15, 0.2) is 0 Å². The third kappa shape index (κ3) is 2.32. The zero-order chi connectivity index (χ0) is 9.26. The van der Waals surface area contributed by atoms with Gasteiger partial charge in [-0.3, -0.25) is 4.68 Å². The van der Waals surface area contributed by atoms with Gasteiger partial charge < -0.3 is 0 Å². The van der Waals surface area contributed by atoms with Crippen LogP contribution < -0.4 is 0 Å². The van der Waals surface area contributed by atoms with Crippen LogP contribution in [0.25, 0.3) is 0 Å².